The van der Waals surface area contributed by atoms with Gasteiger partial charge in [-0.15, -0.1) is 11.3 Å². The second-order valence-electron chi connectivity index (χ2n) is 5.57. The van der Waals surface area contributed by atoms with Crippen molar-refractivity contribution in [2.45, 2.75) is 19.3 Å². The van der Waals surface area contributed by atoms with E-state index in [0.717, 1.165) is 22.0 Å². The van der Waals surface area contributed by atoms with Crippen molar-refractivity contribution in [1.82, 2.24) is 15.3 Å². The van der Waals surface area contributed by atoms with Crippen LogP contribution < -0.4 is 5.32 Å². The number of aryl methyl sites for hydroxylation is 1. The predicted molar refractivity (Wildman–Crippen MR) is 96.8 cm³/mol. The molecule has 128 valence electrons. The highest BCUT2D eigenvalue weighted by molar-refractivity contribution is 7.09. The van der Waals surface area contributed by atoms with Crippen LogP contribution in [-0.2, 0) is 17.6 Å². The lowest BCUT2D eigenvalue weighted by Gasteiger charge is -2.04. The minimum Gasteiger partial charge on any atom is -0.356 e. The number of thiazole rings is 1. The van der Waals surface area contributed by atoms with E-state index < -0.39 is 0 Å². The summed E-state index contributed by atoms with van der Waals surface area (Å²) in [6.07, 6.45) is 3.44. The first kappa shape index (κ1) is 17.2. The molecule has 3 aromatic rings. The van der Waals surface area contributed by atoms with Gasteiger partial charge in [0.1, 0.15) is 5.82 Å². The zero-order valence-electron chi connectivity index (χ0n) is 13.6. The average molecular weight is 355 g/mol. The van der Waals surface area contributed by atoms with Crippen molar-refractivity contribution < 1.29 is 9.18 Å². The SMILES string of the molecule is O=C(CCc1ccc(F)cc1)NCCc1nc(-c2ccccn2)cs1. The Morgan fingerprint density at radius 1 is 1.08 bits per heavy atom. The summed E-state index contributed by atoms with van der Waals surface area (Å²) in [5.74, 6) is -0.271. The zero-order chi connectivity index (χ0) is 17.5. The van der Waals surface area contributed by atoms with E-state index in [1.807, 2.05) is 23.6 Å². The molecule has 3 rings (SSSR count). The van der Waals surface area contributed by atoms with E-state index >= 15 is 0 Å². The summed E-state index contributed by atoms with van der Waals surface area (Å²) in [4.78, 5) is 20.7. The summed E-state index contributed by atoms with van der Waals surface area (Å²) in [6, 6.07) is 12.0. The van der Waals surface area contributed by atoms with Crippen LogP contribution in [0.3, 0.4) is 0 Å². The van der Waals surface area contributed by atoms with Gasteiger partial charge in [-0.05, 0) is 36.2 Å². The van der Waals surface area contributed by atoms with Crippen LogP contribution >= 0.6 is 11.3 Å². The number of nitrogens with zero attached hydrogens (tertiary/aromatic N) is 2. The quantitative estimate of drug-likeness (QED) is 0.704. The number of nitrogens with one attached hydrogen (secondary N) is 1. The van der Waals surface area contributed by atoms with Gasteiger partial charge in [0, 0.05) is 31.0 Å². The van der Waals surface area contributed by atoms with Crippen LogP contribution in [0, 0.1) is 5.82 Å². The van der Waals surface area contributed by atoms with Gasteiger partial charge in [0.15, 0.2) is 0 Å². The second-order valence-corrected chi connectivity index (χ2v) is 6.51. The van der Waals surface area contributed by atoms with Crippen molar-refractivity contribution in [2.75, 3.05) is 6.54 Å². The highest BCUT2D eigenvalue weighted by Gasteiger charge is 2.07. The first-order chi connectivity index (χ1) is 12.2. The van der Waals surface area contributed by atoms with Gasteiger partial charge < -0.3 is 5.32 Å². The van der Waals surface area contributed by atoms with Crippen LogP contribution in [0.15, 0.2) is 54.0 Å². The van der Waals surface area contributed by atoms with E-state index in [9.17, 15) is 9.18 Å². The number of hydrogen-bond acceptors (Lipinski definition) is 4. The predicted octanol–water partition coefficient (Wildman–Crippen LogP) is 3.64. The molecule has 0 aliphatic rings. The lowest BCUT2D eigenvalue weighted by atomic mass is 10.1. The fourth-order valence-electron chi connectivity index (χ4n) is 2.36. The number of aromatic nitrogens is 2. The molecule has 25 heavy (non-hydrogen) atoms. The lowest BCUT2D eigenvalue weighted by molar-refractivity contribution is -0.121. The van der Waals surface area contributed by atoms with Crippen LogP contribution in [0.4, 0.5) is 4.39 Å². The molecule has 0 aliphatic carbocycles. The highest BCUT2D eigenvalue weighted by Crippen LogP contribution is 2.19. The molecule has 0 radical (unpaired) electrons. The Balaban J connectivity index is 1.41. The standard InChI is InChI=1S/C19H18FN3OS/c20-15-7-4-14(5-8-15)6-9-18(24)22-12-10-19-23-17(13-25-19)16-3-1-2-11-21-16/h1-5,7-8,11,13H,6,9-10,12H2,(H,22,24). The molecule has 0 saturated heterocycles. The van der Waals surface area contributed by atoms with Crippen molar-refractivity contribution in [1.29, 1.82) is 0 Å². The van der Waals surface area contributed by atoms with Crippen molar-refractivity contribution >= 4 is 17.2 Å². The first-order valence-corrected chi connectivity index (χ1v) is 8.95. The van der Waals surface area contributed by atoms with Gasteiger partial charge in [-0.3, -0.25) is 9.78 Å². The topological polar surface area (TPSA) is 54.9 Å². The van der Waals surface area contributed by atoms with Gasteiger partial charge >= 0.3 is 0 Å². The number of benzene rings is 1. The molecule has 1 amide bonds. The van der Waals surface area contributed by atoms with Crippen LogP contribution in [0.2, 0.25) is 0 Å². The van der Waals surface area contributed by atoms with Gasteiger partial charge in [0.25, 0.3) is 0 Å². The van der Waals surface area contributed by atoms with Crippen molar-refractivity contribution in [3.05, 3.63) is 70.4 Å². The maximum atomic E-state index is 12.8. The smallest absolute Gasteiger partial charge is 0.220 e. The molecule has 0 aliphatic heterocycles. The largest absolute Gasteiger partial charge is 0.356 e. The molecular formula is C19H18FN3OS. The maximum Gasteiger partial charge on any atom is 0.220 e. The zero-order valence-corrected chi connectivity index (χ0v) is 14.4. The van der Waals surface area contributed by atoms with Gasteiger partial charge in [-0.25, -0.2) is 9.37 Å². The Labute approximate surface area is 149 Å². The average Bonchev–Trinajstić information content (AvgIpc) is 3.11. The first-order valence-electron chi connectivity index (χ1n) is 8.07. The molecule has 2 heterocycles. The van der Waals surface area contributed by atoms with Crippen molar-refractivity contribution in [3.63, 3.8) is 0 Å². The summed E-state index contributed by atoms with van der Waals surface area (Å²) in [5.41, 5.74) is 2.67. The summed E-state index contributed by atoms with van der Waals surface area (Å²) in [6.45, 7) is 0.553. The molecule has 0 atom stereocenters. The molecule has 0 unspecified atom stereocenters. The Kier molecular flexibility index (Phi) is 5.85. The van der Waals surface area contributed by atoms with Crippen molar-refractivity contribution in [3.8, 4) is 11.4 Å². The van der Waals surface area contributed by atoms with Gasteiger partial charge in [0.2, 0.25) is 5.91 Å². The minimum absolute atomic E-state index is 0.00849. The number of amides is 1. The number of carbonyl (C=O) groups excluding carboxylic acids is 1. The summed E-state index contributed by atoms with van der Waals surface area (Å²) >= 11 is 1.57. The molecule has 2 aromatic heterocycles. The normalized spacial score (nSPS) is 10.6. The molecule has 0 fully saturated rings. The van der Waals surface area contributed by atoms with Crippen LogP contribution in [0.1, 0.15) is 17.0 Å². The molecule has 6 heteroatoms. The third-order valence-corrected chi connectivity index (χ3v) is 4.60. The highest BCUT2D eigenvalue weighted by atomic mass is 32.1. The second kappa shape index (κ2) is 8.48. The van der Waals surface area contributed by atoms with Gasteiger partial charge in [-0.2, -0.15) is 0 Å². The molecule has 4 nitrogen and oxygen atoms in total. The fourth-order valence-corrected chi connectivity index (χ4v) is 3.16. The number of hydrogen-bond donors (Lipinski definition) is 1. The van der Waals surface area contributed by atoms with Gasteiger partial charge in [-0.1, -0.05) is 18.2 Å². The number of carbonyl (C=O) groups is 1. The van der Waals surface area contributed by atoms with E-state index in [2.05, 4.69) is 15.3 Å². The number of halogens is 1. The molecule has 0 saturated carbocycles. The third-order valence-electron chi connectivity index (χ3n) is 3.69. The van der Waals surface area contributed by atoms with E-state index in [-0.39, 0.29) is 11.7 Å². The fraction of sp³-hybridized carbons (Fsp3) is 0.211. The number of pyridine rings is 1. The lowest BCUT2D eigenvalue weighted by Crippen LogP contribution is -2.25. The van der Waals surface area contributed by atoms with Gasteiger partial charge in [0.05, 0.1) is 16.4 Å². The van der Waals surface area contributed by atoms with Crippen LogP contribution in [0.5, 0.6) is 0 Å². The monoisotopic (exact) mass is 355 g/mol. The Morgan fingerprint density at radius 3 is 2.68 bits per heavy atom. The molecule has 1 aromatic carbocycles. The molecular weight excluding hydrogens is 337 g/mol. The van der Waals surface area contributed by atoms with Crippen LogP contribution in [0.25, 0.3) is 11.4 Å². The Morgan fingerprint density at radius 2 is 1.92 bits per heavy atom. The van der Waals surface area contributed by atoms with Crippen LogP contribution in [-0.4, -0.2) is 22.4 Å². The third kappa shape index (κ3) is 5.19. The summed E-state index contributed by atoms with van der Waals surface area (Å²) < 4.78 is 12.8. The van der Waals surface area contributed by atoms with E-state index in [0.29, 0.717) is 25.8 Å². The molecule has 0 spiro atoms. The maximum absolute atomic E-state index is 12.8. The molecule has 1 N–H and O–H groups in total. The van der Waals surface area contributed by atoms with E-state index in [1.165, 1.54) is 12.1 Å². The minimum atomic E-state index is -0.262. The summed E-state index contributed by atoms with van der Waals surface area (Å²) in [5, 5.41) is 5.85. The van der Waals surface area contributed by atoms with Crippen molar-refractivity contribution in [2.24, 2.45) is 0 Å². The number of rotatable bonds is 7. The Hall–Kier alpha value is -2.60. The van der Waals surface area contributed by atoms with E-state index in [1.54, 1.807) is 29.7 Å². The van der Waals surface area contributed by atoms with E-state index in [4.69, 9.17) is 0 Å². The summed E-state index contributed by atoms with van der Waals surface area (Å²) in [7, 11) is 0. The Bertz CT molecular complexity index is 818. The molecule has 0 bridgehead atoms.